The Kier molecular flexibility index (Phi) is 5.26. The second-order valence-corrected chi connectivity index (χ2v) is 11.2. The minimum atomic E-state index is 0.653. The molecule has 3 nitrogen and oxygen atoms in total. The highest BCUT2D eigenvalue weighted by molar-refractivity contribution is 6.30. The van der Waals surface area contributed by atoms with Crippen LogP contribution in [0.4, 0.5) is 0 Å². The van der Waals surface area contributed by atoms with Crippen LogP contribution in [-0.4, -0.2) is 9.97 Å². The lowest BCUT2D eigenvalue weighted by atomic mass is 9.85. The lowest BCUT2D eigenvalue weighted by Crippen LogP contribution is -1.95. The number of hydrogen-bond acceptors (Lipinski definition) is 3. The van der Waals surface area contributed by atoms with E-state index in [4.69, 9.17) is 9.97 Å². The topological polar surface area (TPSA) is 49.6 Å². The van der Waals surface area contributed by atoms with Crippen molar-refractivity contribution in [2.24, 2.45) is 0 Å². The molecule has 0 fully saturated rings. The maximum atomic E-state index is 9.43. The van der Waals surface area contributed by atoms with E-state index >= 15 is 0 Å². The zero-order valence-corrected chi connectivity index (χ0v) is 23.6. The number of para-hydroxylation sites is 1. The first-order valence-corrected chi connectivity index (χ1v) is 14.7. The fourth-order valence-electron chi connectivity index (χ4n) is 6.99. The molecule has 0 amide bonds. The van der Waals surface area contributed by atoms with Crippen LogP contribution >= 0.6 is 0 Å². The van der Waals surface area contributed by atoms with Crippen LogP contribution in [-0.2, 0) is 0 Å². The van der Waals surface area contributed by atoms with Crippen molar-refractivity contribution in [3.8, 4) is 28.5 Å². The summed E-state index contributed by atoms with van der Waals surface area (Å²) in [6, 6.07) is 48.8. The average Bonchev–Trinajstić information content (AvgIpc) is 3.10. The summed E-state index contributed by atoms with van der Waals surface area (Å²) in [5.41, 5.74) is 6.95. The van der Waals surface area contributed by atoms with Gasteiger partial charge in [-0.15, -0.1) is 0 Å². The minimum absolute atomic E-state index is 0.653. The van der Waals surface area contributed by atoms with Gasteiger partial charge in [0, 0.05) is 38.7 Å². The van der Waals surface area contributed by atoms with Gasteiger partial charge in [-0.2, -0.15) is 5.26 Å². The Hall–Kier alpha value is -6.11. The molecule has 2 aromatic heterocycles. The maximum absolute atomic E-state index is 9.43. The summed E-state index contributed by atoms with van der Waals surface area (Å²) in [7, 11) is 0. The molecule has 0 spiro atoms. The number of rotatable bonds is 2. The highest BCUT2D eigenvalue weighted by Crippen LogP contribution is 2.46. The molecule has 7 aromatic carbocycles. The molecule has 0 radical (unpaired) electrons. The van der Waals surface area contributed by atoms with E-state index in [9.17, 15) is 5.26 Å². The smallest absolute Gasteiger partial charge is 0.0991 e. The van der Waals surface area contributed by atoms with E-state index in [1.165, 1.54) is 5.39 Å². The first kappa shape index (κ1) is 24.5. The summed E-state index contributed by atoms with van der Waals surface area (Å²) < 4.78 is 0. The van der Waals surface area contributed by atoms with E-state index in [0.29, 0.717) is 5.56 Å². The number of nitriles is 1. The van der Waals surface area contributed by atoms with E-state index in [0.717, 1.165) is 81.9 Å². The van der Waals surface area contributed by atoms with E-state index in [1.807, 2.05) is 24.4 Å². The summed E-state index contributed by atoms with van der Waals surface area (Å²) in [6.45, 7) is 0. The number of fused-ring (bicyclic) bond motifs is 9. The molecule has 0 aliphatic carbocycles. The van der Waals surface area contributed by atoms with Crippen molar-refractivity contribution in [3.63, 3.8) is 0 Å². The van der Waals surface area contributed by atoms with Crippen LogP contribution in [0.3, 0.4) is 0 Å². The molecule has 44 heavy (non-hydrogen) atoms. The summed E-state index contributed by atoms with van der Waals surface area (Å²) in [5.74, 6) is 0. The number of hydrogen-bond donors (Lipinski definition) is 0. The predicted octanol–water partition coefficient (Wildman–Crippen LogP) is 10.6. The minimum Gasteiger partial charge on any atom is -0.256 e. The average molecular weight is 558 g/mol. The Morgan fingerprint density at radius 1 is 0.477 bits per heavy atom. The van der Waals surface area contributed by atoms with Crippen molar-refractivity contribution in [2.45, 2.75) is 0 Å². The summed E-state index contributed by atoms with van der Waals surface area (Å²) in [5, 5.41) is 20.9. The first-order chi connectivity index (χ1) is 21.8. The molecule has 202 valence electrons. The van der Waals surface area contributed by atoms with Gasteiger partial charge in [-0.1, -0.05) is 109 Å². The third kappa shape index (κ3) is 3.49. The lowest BCUT2D eigenvalue weighted by Gasteiger charge is -2.19. The van der Waals surface area contributed by atoms with Gasteiger partial charge in [0.25, 0.3) is 0 Å². The van der Waals surface area contributed by atoms with Crippen LogP contribution in [0.15, 0.2) is 140 Å². The molecule has 0 saturated carbocycles. The van der Waals surface area contributed by atoms with Gasteiger partial charge < -0.3 is 0 Å². The van der Waals surface area contributed by atoms with Crippen LogP contribution < -0.4 is 0 Å². The van der Waals surface area contributed by atoms with E-state index in [1.54, 1.807) is 0 Å². The SMILES string of the molecule is N#Cc1ccc(-c2c3ccccc3c(-c3nc4ccccc4c4c3ccc3ccc5cccnc5c34)c3ccccc23)cc1. The normalized spacial score (nSPS) is 11.6. The summed E-state index contributed by atoms with van der Waals surface area (Å²) in [4.78, 5) is 10.3. The molecule has 9 rings (SSSR count). The third-order valence-electron chi connectivity index (χ3n) is 8.89. The molecule has 0 saturated heterocycles. The molecule has 0 bridgehead atoms. The van der Waals surface area contributed by atoms with Crippen LogP contribution in [0.25, 0.3) is 87.3 Å². The van der Waals surface area contributed by atoms with Crippen LogP contribution in [0.2, 0.25) is 0 Å². The van der Waals surface area contributed by atoms with Gasteiger partial charge in [-0.05, 0) is 62.3 Å². The molecule has 0 aliphatic rings. The number of nitrogens with zero attached hydrogens (tertiary/aromatic N) is 3. The largest absolute Gasteiger partial charge is 0.256 e. The van der Waals surface area contributed by atoms with Crippen LogP contribution in [0, 0.1) is 11.3 Å². The molecule has 0 N–H and O–H groups in total. The monoisotopic (exact) mass is 557 g/mol. The Morgan fingerprint density at radius 2 is 1.09 bits per heavy atom. The Bertz CT molecular complexity index is 2610. The van der Waals surface area contributed by atoms with E-state index < -0.39 is 0 Å². The summed E-state index contributed by atoms with van der Waals surface area (Å²) >= 11 is 0. The maximum Gasteiger partial charge on any atom is 0.0991 e. The van der Waals surface area contributed by atoms with E-state index in [-0.39, 0.29) is 0 Å². The molecule has 0 aliphatic heterocycles. The van der Waals surface area contributed by atoms with Gasteiger partial charge in [0.15, 0.2) is 0 Å². The predicted molar refractivity (Wildman–Crippen MR) is 183 cm³/mol. The number of pyridine rings is 2. The van der Waals surface area contributed by atoms with Crippen molar-refractivity contribution >= 4 is 64.9 Å². The second-order valence-electron chi connectivity index (χ2n) is 11.2. The zero-order chi connectivity index (χ0) is 29.2. The van der Waals surface area contributed by atoms with Gasteiger partial charge in [-0.25, -0.2) is 4.98 Å². The van der Waals surface area contributed by atoms with Gasteiger partial charge in [0.2, 0.25) is 0 Å². The Balaban J connectivity index is 1.50. The molecule has 0 atom stereocenters. The van der Waals surface area contributed by atoms with Gasteiger partial charge in [0.1, 0.15) is 0 Å². The second kappa shape index (κ2) is 9.46. The lowest BCUT2D eigenvalue weighted by molar-refractivity contribution is 1.43. The fourth-order valence-corrected chi connectivity index (χ4v) is 6.99. The van der Waals surface area contributed by atoms with Crippen LogP contribution in [0.5, 0.6) is 0 Å². The van der Waals surface area contributed by atoms with E-state index in [2.05, 4.69) is 121 Å². The van der Waals surface area contributed by atoms with Crippen molar-refractivity contribution < 1.29 is 0 Å². The molecule has 3 heteroatoms. The molecule has 0 unspecified atom stereocenters. The standard InChI is InChI=1S/C41H23N3/c42-24-25-15-17-26(18-16-25)36-29-9-1-3-11-31(29)39(32-12-4-2-10-30(32)36)41-34-22-21-27-19-20-28-8-7-23-43-40(28)37(27)38(34)33-13-5-6-14-35(33)44-41/h1-23H. The Labute approximate surface area is 253 Å². The Morgan fingerprint density at radius 3 is 1.80 bits per heavy atom. The molecular formula is C41H23N3. The van der Waals surface area contributed by atoms with Gasteiger partial charge >= 0.3 is 0 Å². The molecular weight excluding hydrogens is 534 g/mol. The first-order valence-electron chi connectivity index (χ1n) is 14.7. The number of aromatic nitrogens is 2. The van der Waals surface area contributed by atoms with Crippen LogP contribution in [0.1, 0.15) is 5.56 Å². The van der Waals surface area contributed by atoms with Crippen molar-refractivity contribution in [1.29, 1.82) is 5.26 Å². The van der Waals surface area contributed by atoms with Gasteiger partial charge in [0.05, 0.1) is 28.4 Å². The quantitative estimate of drug-likeness (QED) is 0.157. The fraction of sp³-hybridized carbons (Fsp3) is 0. The van der Waals surface area contributed by atoms with Crippen molar-refractivity contribution in [3.05, 3.63) is 145 Å². The third-order valence-corrected chi connectivity index (χ3v) is 8.89. The number of benzene rings is 7. The van der Waals surface area contributed by atoms with Crippen molar-refractivity contribution in [1.82, 2.24) is 9.97 Å². The molecule has 9 aromatic rings. The summed E-state index contributed by atoms with van der Waals surface area (Å²) in [6.07, 6.45) is 1.88. The molecule has 2 heterocycles. The highest BCUT2D eigenvalue weighted by Gasteiger charge is 2.21. The zero-order valence-electron chi connectivity index (χ0n) is 23.6. The highest BCUT2D eigenvalue weighted by atomic mass is 14.7. The van der Waals surface area contributed by atoms with Crippen molar-refractivity contribution in [2.75, 3.05) is 0 Å². The van der Waals surface area contributed by atoms with Gasteiger partial charge in [-0.3, -0.25) is 4.98 Å².